The largest absolute Gasteiger partial charge is 0.530 e. The van der Waals surface area contributed by atoms with Crippen molar-refractivity contribution in [3.8, 4) is 5.75 Å². The van der Waals surface area contributed by atoms with Crippen molar-refractivity contribution < 1.29 is 56.6 Å². The molecule has 0 heterocycles. The van der Waals surface area contributed by atoms with E-state index in [1.807, 2.05) is 6.07 Å². The average molecular weight is 950 g/mol. The lowest BCUT2D eigenvalue weighted by Crippen LogP contribution is -2.55. The Morgan fingerprint density at radius 3 is 2.26 bits per heavy atom. The first-order valence-corrected chi connectivity index (χ1v) is 26.9. The maximum Gasteiger partial charge on any atom is 0.530 e. The molecule has 0 bridgehead atoms. The molecule has 16 heteroatoms. The van der Waals surface area contributed by atoms with Gasteiger partial charge >= 0.3 is 13.8 Å². The Morgan fingerprint density at radius 2 is 1.59 bits per heavy atom. The number of fused-ring (bicyclic) bond motifs is 5. The third-order valence-electron chi connectivity index (χ3n) is 15.3. The third kappa shape index (κ3) is 15.2. The molecule has 1 aromatic carbocycles. The molecule has 2 amide bonds. The van der Waals surface area contributed by atoms with Gasteiger partial charge in [-0.15, -0.1) is 0 Å². The molecule has 376 valence electrons. The Hall–Kier alpha value is -2.62. The summed E-state index contributed by atoms with van der Waals surface area (Å²) in [6.07, 6.45) is 13.8. The van der Waals surface area contributed by atoms with Gasteiger partial charge in [0.25, 0.3) is 0 Å². The number of hydrogen-bond donors (Lipinski definition) is 4. The van der Waals surface area contributed by atoms with E-state index >= 15 is 0 Å². The summed E-state index contributed by atoms with van der Waals surface area (Å²) in [6.45, 7) is 12.8. The monoisotopic (exact) mass is 950 g/mol. The number of ether oxygens (including phenoxy) is 4. The molecule has 0 spiro atoms. The third-order valence-corrected chi connectivity index (χ3v) is 16.6. The number of carbonyl (C=O) groups is 3. The van der Waals surface area contributed by atoms with Crippen molar-refractivity contribution in [3.05, 3.63) is 29.3 Å². The number of phosphoric ester groups is 1. The Balaban J connectivity index is 1.02. The number of aryl methyl sites for hydroxylation is 1. The van der Waals surface area contributed by atoms with Gasteiger partial charge in [0.15, 0.2) is 0 Å². The van der Waals surface area contributed by atoms with Crippen LogP contribution < -0.4 is 21.3 Å². The van der Waals surface area contributed by atoms with Crippen LogP contribution in [0.15, 0.2) is 18.2 Å². The molecule has 0 aromatic heterocycles. The van der Waals surface area contributed by atoms with Crippen molar-refractivity contribution in [2.24, 2.45) is 46.5 Å². The zero-order valence-corrected chi connectivity index (χ0v) is 41.6. The SMILES string of the molecule is CCCCC(CC)COP(=O)(OCC(CC)CCCC)Oc1ccc2c(c1)CCC1C2CCC2(C)C(OCCC(=O)NCCOCCOCC(=O)OC3CCC(N)C(O)C3C(N)=O)CCC12. The fourth-order valence-corrected chi connectivity index (χ4v) is 12.5. The molecule has 3 fully saturated rings. The predicted octanol–water partition coefficient (Wildman–Crippen LogP) is 7.92. The average Bonchev–Trinajstić information content (AvgIpc) is 3.64. The van der Waals surface area contributed by atoms with Crippen LogP contribution in [0.3, 0.4) is 0 Å². The van der Waals surface area contributed by atoms with Crippen LogP contribution in [0.25, 0.3) is 0 Å². The summed E-state index contributed by atoms with van der Waals surface area (Å²) in [5.74, 6) is 0.155. The Labute approximate surface area is 394 Å². The van der Waals surface area contributed by atoms with E-state index in [1.165, 1.54) is 11.1 Å². The number of nitrogens with two attached hydrogens (primary N) is 2. The second kappa shape index (κ2) is 27.0. The summed E-state index contributed by atoms with van der Waals surface area (Å²) in [5, 5.41) is 13.1. The fraction of sp³-hybridized carbons (Fsp3) is 0.820. The molecule has 0 aliphatic heterocycles. The van der Waals surface area contributed by atoms with Gasteiger partial charge in [-0.1, -0.05) is 79.2 Å². The zero-order valence-electron chi connectivity index (χ0n) is 40.7. The summed E-state index contributed by atoms with van der Waals surface area (Å²) in [7, 11) is -3.85. The summed E-state index contributed by atoms with van der Waals surface area (Å²) in [6, 6.07) is 5.66. The summed E-state index contributed by atoms with van der Waals surface area (Å²) in [4.78, 5) is 36.7. The van der Waals surface area contributed by atoms with Gasteiger partial charge in [0.2, 0.25) is 11.8 Å². The van der Waals surface area contributed by atoms with E-state index in [0.717, 1.165) is 89.9 Å². The van der Waals surface area contributed by atoms with Crippen molar-refractivity contribution >= 4 is 25.6 Å². The summed E-state index contributed by atoms with van der Waals surface area (Å²) < 4.78 is 55.6. The molecule has 3 saturated carbocycles. The zero-order chi connectivity index (χ0) is 47.7. The van der Waals surface area contributed by atoms with Crippen LogP contribution in [0, 0.1) is 35.0 Å². The van der Waals surface area contributed by atoms with Crippen LogP contribution in [-0.2, 0) is 53.4 Å². The molecule has 11 atom stereocenters. The number of esters is 1. The summed E-state index contributed by atoms with van der Waals surface area (Å²) in [5.41, 5.74) is 13.9. The van der Waals surface area contributed by atoms with Crippen LogP contribution in [0.4, 0.5) is 0 Å². The highest BCUT2D eigenvalue weighted by Gasteiger charge is 2.55. The van der Waals surface area contributed by atoms with Crippen molar-refractivity contribution in [2.45, 2.75) is 174 Å². The molecule has 66 heavy (non-hydrogen) atoms. The lowest BCUT2D eigenvalue weighted by Gasteiger charge is -2.50. The van der Waals surface area contributed by atoms with Crippen LogP contribution in [0.5, 0.6) is 5.75 Å². The van der Waals surface area contributed by atoms with Gasteiger partial charge < -0.3 is 45.4 Å². The predicted molar refractivity (Wildman–Crippen MR) is 253 cm³/mol. The van der Waals surface area contributed by atoms with Gasteiger partial charge in [0, 0.05) is 19.0 Å². The number of aliphatic hydroxyl groups is 1. The minimum absolute atomic E-state index is 0.0611. The Bertz CT molecular complexity index is 1700. The van der Waals surface area contributed by atoms with Crippen LogP contribution in [-0.4, -0.2) is 100 Å². The molecular weight excluding hydrogens is 866 g/mol. The highest BCUT2D eigenvalue weighted by atomic mass is 31.2. The molecule has 4 aliphatic rings. The lowest BCUT2D eigenvalue weighted by molar-refractivity contribution is -0.166. The molecular formula is C50H84N3O12P. The molecule has 4 aliphatic carbocycles. The number of benzene rings is 1. The van der Waals surface area contributed by atoms with E-state index in [4.69, 9.17) is 44.0 Å². The molecule has 5 rings (SSSR count). The molecule has 6 N–H and O–H groups in total. The number of hydrogen-bond acceptors (Lipinski definition) is 13. The van der Waals surface area contributed by atoms with E-state index in [9.17, 15) is 24.1 Å². The maximum absolute atomic E-state index is 14.3. The second-order valence-corrected chi connectivity index (χ2v) is 21.3. The van der Waals surface area contributed by atoms with Crippen LogP contribution in [0.2, 0.25) is 0 Å². The molecule has 0 radical (unpaired) electrons. The van der Waals surface area contributed by atoms with Crippen molar-refractivity contribution in [2.75, 3.05) is 52.8 Å². The second-order valence-electron chi connectivity index (χ2n) is 19.7. The maximum atomic E-state index is 14.3. The number of carbonyl (C=O) groups excluding carboxylic acids is 3. The quantitative estimate of drug-likeness (QED) is 0.0328. The molecule has 15 nitrogen and oxygen atoms in total. The fourth-order valence-electron chi connectivity index (χ4n) is 11.2. The van der Waals surface area contributed by atoms with E-state index in [-0.39, 0.29) is 50.3 Å². The minimum atomic E-state index is -3.85. The number of aliphatic hydroxyl groups excluding tert-OH is 1. The first kappa shape index (κ1) is 54.3. The highest BCUT2D eigenvalue weighted by molar-refractivity contribution is 7.48. The number of nitrogens with one attached hydrogen (secondary N) is 1. The summed E-state index contributed by atoms with van der Waals surface area (Å²) >= 11 is 0. The van der Waals surface area contributed by atoms with Gasteiger partial charge in [-0.05, 0) is 122 Å². The first-order chi connectivity index (χ1) is 31.7. The highest BCUT2D eigenvalue weighted by Crippen LogP contribution is 2.62. The van der Waals surface area contributed by atoms with E-state index in [2.05, 4.69) is 52.1 Å². The Morgan fingerprint density at radius 1 is 0.894 bits per heavy atom. The number of primary amides is 1. The number of phosphoric acid groups is 1. The Kier molecular flexibility index (Phi) is 22.2. The van der Waals surface area contributed by atoms with Gasteiger partial charge in [-0.2, -0.15) is 0 Å². The van der Waals surface area contributed by atoms with Gasteiger partial charge in [-0.3, -0.25) is 18.6 Å². The smallest absolute Gasteiger partial charge is 0.460 e. The van der Waals surface area contributed by atoms with E-state index < -0.39 is 43.9 Å². The van der Waals surface area contributed by atoms with Gasteiger partial charge in [0.05, 0.1) is 51.8 Å². The van der Waals surface area contributed by atoms with Gasteiger partial charge in [-0.25, -0.2) is 9.36 Å². The van der Waals surface area contributed by atoms with Crippen molar-refractivity contribution in [3.63, 3.8) is 0 Å². The first-order valence-electron chi connectivity index (χ1n) is 25.4. The topological polar surface area (TPSA) is 217 Å². The van der Waals surface area contributed by atoms with Gasteiger partial charge in [0.1, 0.15) is 24.4 Å². The van der Waals surface area contributed by atoms with Crippen molar-refractivity contribution in [1.29, 1.82) is 0 Å². The normalized spacial score (nSPS) is 28.8. The minimum Gasteiger partial charge on any atom is -0.460 e. The van der Waals surface area contributed by atoms with Crippen LogP contribution in [0.1, 0.15) is 154 Å². The van der Waals surface area contributed by atoms with E-state index in [1.54, 1.807) is 0 Å². The standard InChI is InChI=1S/C50H84N3O12P/c1-6-10-12-34(8-3)31-62-66(58,63-32-35(9-4)13-11-7-2)65-37-15-17-38-36(30-37)14-16-40-39(38)22-24-50(5)41(40)18-21-44(50)61-26-23-45(54)53-25-27-59-28-29-60-33-46(55)64-43-20-19-42(51)48(56)47(43)49(52)57/h15,17,30,34-35,39-44,47-48,56H,6-14,16,18-29,31-33,51H2,1-5H3,(H2,52,57)(H,53,54). The van der Waals surface area contributed by atoms with Crippen molar-refractivity contribution in [1.82, 2.24) is 5.32 Å². The van der Waals surface area contributed by atoms with Crippen LogP contribution >= 0.6 is 7.82 Å². The number of amides is 2. The molecule has 0 saturated heterocycles. The lowest BCUT2D eigenvalue weighted by atomic mass is 9.55. The number of unbranched alkanes of at least 4 members (excludes halogenated alkanes) is 2. The van der Waals surface area contributed by atoms with E-state index in [0.29, 0.717) is 74.5 Å². The number of rotatable bonds is 30. The molecule has 1 aromatic rings. The molecule has 11 unspecified atom stereocenters.